The summed E-state index contributed by atoms with van der Waals surface area (Å²) in [5, 5.41) is 3.14. The third kappa shape index (κ3) is 7.35. The van der Waals surface area contributed by atoms with Crippen molar-refractivity contribution in [3.8, 4) is 11.8 Å². The molecule has 0 rings (SSSR count). The maximum Gasteiger partial charge on any atom is 0.222 e. The van der Waals surface area contributed by atoms with Gasteiger partial charge in [-0.05, 0) is 19.9 Å². The summed E-state index contributed by atoms with van der Waals surface area (Å²) in [6, 6.07) is 0. The fourth-order valence-corrected chi connectivity index (χ4v) is 0.827. The molecule has 3 heteroatoms. The standard InChI is InChI=1S/C10H18N2O/c1-4-5-8-11-9-6-7-10(13)12(2)3/h11H,6-9H2,1-3H3. The highest BCUT2D eigenvalue weighted by Gasteiger charge is 2.01. The van der Waals surface area contributed by atoms with E-state index in [1.165, 1.54) is 0 Å². The van der Waals surface area contributed by atoms with Crippen LogP contribution >= 0.6 is 0 Å². The monoisotopic (exact) mass is 182 g/mol. The molecule has 0 aromatic heterocycles. The molecule has 0 aliphatic rings. The van der Waals surface area contributed by atoms with E-state index < -0.39 is 0 Å². The molecule has 0 radical (unpaired) electrons. The maximum atomic E-state index is 11.1. The third-order valence-electron chi connectivity index (χ3n) is 1.63. The molecule has 0 bridgehead atoms. The first-order valence-electron chi connectivity index (χ1n) is 4.49. The lowest BCUT2D eigenvalue weighted by molar-refractivity contribution is -0.128. The highest BCUT2D eigenvalue weighted by molar-refractivity contribution is 5.75. The lowest BCUT2D eigenvalue weighted by Gasteiger charge is -2.09. The first-order valence-corrected chi connectivity index (χ1v) is 4.49. The molecule has 0 spiro atoms. The van der Waals surface area contributed by atoms with Crippen LogP contribution in [-0.2, 0) is 4.79 Å². The summed E-state index contributed by atoms with van der Waals surface area (Å²) < 4.78 is 0. The Morgan fingerprint density at radius 1 is 1.46 bits per heavy atom. The Bertz CT molecular complexity index is 201. The lowest BCUT2D eigenvalue weighted by atomic mass is 10.3. The van der Waals surface area contributed by atoms with Crippen molar-refractivity contribution >= 4 is 5.91 Å². The van der Waals surface area contributed by atoms with Gasteiger partial charge in [-0.15, -0.1) is 5.92 Å². The van der Waals surface area contributed by atoms with Gasteiger partial charge < -0.3 is 10.2 Å². The molecule has 0 aromatic carbocycles. The number of amides is 1. The smallest absolute Gasteiger partial charge is 0.222 e. The zero-order valence-electron chi connectivity index (χ0n) is 8.68. The summed E-state index contributed by atoms with van der Waals surface area (Å²) in [6.07, 6.45) is 1.49. The van der Waals surface area contributed by atoms with E-state index in [-0.39, 0.29) is 5.91 Å². The van der Waals surface area contributed by atoms with Gasteiger partial charge in [-0.25, -0.2) is 0 Å². The second kappa shape index (κ2) is 7.63. The summed E-state index contributed by atoms with van der Waals surface area (Å²) >= 11 is 0. The van der Waals surface area contributed by atoms with E-state index in [0.29, 0.717) is 13.0 Å². The quantitative estimate of drug-likeness (QED) is 0.495. The third-order valence-corrected chi connectivity index (χ3v) is 1.63. The number of hydrogen-bond acceptors (Lipinski definition) is 2. The van der Waals surface area contributed by atoms with Crippen LogP contribution in [0.3, 0.4) is 0 Å². The molecule has 3 nitrogen and oxygen atoms in total. The molecule has 0 fully saturated rings. The molecule has 13 heavy (non-hydrogen) atoms. The second-order valence-electron chi connectivity index (χ2n) is 3.00. The maximum absolute atomic E-state index is 11.1. The van der Waals surface area contributed by atoms with E-state index in [9.17, 15) is 4.79 Å². The van der Waals surface area contributed by atoms with Gasteiger partial charge in [-0.3, -0.25) is 4.79 Å². The minimum Gasteiger partial charge on any atom is -0.349 e. The van der Waals surface area contributed by atoms with Gasteiger partial charge in [0.25, 0.3) is 0 Å². The van der Waals surface area contributed by atoms with Crippen molar-refractivity contribution in [2.45, 2.75) is 19.8 Å². The van der Waals surface area contributed by atoms with Gasteiger partial charge in [-0.1, -0.05) is 5.92 Å². The largest absolute Gasteiger partial charge is 0.349 e. The lowest BCUT2D eigenvalue weighted by Crippen LogP contribution is -2.23. The van der Waals surface area contributed by atoms with E-state index in [2.05, 4.69) is 17.2 Å². The SMILES string of the molecule is CC#CCNCCCC(=O)N(C)C. The van der Waals surface area contributed by atoms with Gasteiger partial charge in [0.05, 0.1) is 6.54 Å². The molecule has 0 aliphatic heterocycles. The number of hydrogen-bond donors (Lipinski definition) is 1. The molecular formula is C10H18N2O. The van der Waals surface area contributed by atoms with Crippen molar-refractivity contribution in [1.82, 2.24) is 10.2 Å². The van der Waals surface area contributed by atoms with E-state index in [1.807, 2.05) is 6.92 Å². The molecule has 1 amide bonds. The van der Waals surface area contributed by atoms with E-state index in [0.717, 1.165) is 13.0 Å². The Hall–Kier alpha value is -1.01. The zero-order valence-corrected chi connectivity index (χ0v) is 8.68. The van der Waals surface area contributed by atoms with Crippen LogP contribution in [0.4, 0.5) is 0 Å². The number of carbonyl (C=O) groups is 1. The van der Waals surface area contributed by atoms with Gasteiger partial charge in [0.1, 0.15) is 0 Å². The van der Waals surface area contributed by atoms with Crippen LogP contribution in [-0.4, -0.2) is 38.0 Å². The molecule has 1 N–H and O–H groups in total. The fourth-order valence-electron chi connectivity index (χ4n) is 0.827. The van der Waals surface area contributed by atoms with Crippen LogP contribution < -0.4 is 5.32 Å². The van der Waals surface area contributed by atoms with Gasteiger partial charge in [0.2, 0.25) is 5.91 Å². The Balaban J connectivity index is 3.24. The van der Waals surface area contributed by atoms with Crippen LogP contribution in [0.25, 0.3) is 0 Å². The number of nitrogens with zero attached hydrogens (tertiary/aromatic N) is 1. The van der Waals surface area contributed by atoms with E-state index in [4.69, 9.17) is 0 Å². The van der Waals surface area contributed by atoms with Crippen molar-refractivity contribution in [2.24, 2.45) is 0 Å². The van der Waals surface area contributed by atoms with E-state index in [1.54, 1.807) is 19.0 Å². The highest BCUT2D eigenvalue weighted by Crippen LogP contribution is 1.91. The first kappa shape index (κ1) is 12.0. The predicted molar refractivity (Wildman–Crippen MR) is 54.2 cm³/mol. The number of nitrogens with one attached hydrogen (secondary N) is 1. The summed E-state index contributed by atoms with van der Waals surface area (Å²) in [7, 11) is 3.55. The minimum atomic E-state index is 0.184. The number of rotatable bonds is 5. The average molecular weight is 182 g/mol. The second-order valence-corrected chi connectivity index (χ2v) is 3.00. The van der Waals surface area contributed by atoms with Gasteiger partial charge in [-0.2, -0.15) is 0 Å². The molecule has 0 aliphatic carbocycles. The van der Waals surface area contributed by atoms with Gasteiger partial charge in [0.15, 0.2) is 0 Å². The molecule has 0 saturated heterocycles. The predicted octanol–water partition coefficient (Wildman–Crippen LogP) is 0.468. The van der Waals surface area contributed by atoms with Crippen LogP contribution in [0.2, 0.25) is 0 Å². The molecule has 74 valence electrons. The minimum absolute atomic E-state index is 0.184. The molecule has 0 aromatic rings. The van der Waals surface area contributed by atoms with Gasteiger partial charge in [0, 0.05) is 20.5 Å². The van der Waals surface area contributed by atoms with Crippen LogP contribution in [0.1, 0.15) is 19.8 Å². The Kier molecular flexibility index (Phi) is 7.04. The van der Waals surface area contributed by atoms with Crippen LogP contribution in [0.5, 0.6) is 0 Å². The fraction of sp³-hybridized carbons (Fsp3) is 0.700. The van der Waals surface area contributed by atoms with Crippen molar-refractivity contribution < 1.29 is 4.79 Å². The summed E-state index contributed by atoms with van der Waals surface area (Å²) in [4.78, 5) is 12.7. The van der Waals surface area contributed by atoms with Crippen LogP contribution in [0.15, 0.2) is 0 Å². The summed E-state index contributed by atoms with van der Waals surface area (Å²) in [5.74, 6) is 5.88. The molecule has 0 unspecified atom stereocenters. The first-order chi connectivity index (χ1) is 6.18. The Morgan fingerprint density at radius 3 is 2.69 bits per heavy atom. The summed E-state index contributed by atoms with van der Waals surface area (Å²) in [6.45, 7) is 3.39. The van der Waals surface area contributed by atoms with Crippen molar-refractivity contribution in [1.29, 1.82) is 0 Å². The molecule has 0 saturated carbocycles. The van der Waals surface area contributed by atoms with Gasteiger partial charge >= 0.3 is 0 Å². The molecule has 0 heterocycles. The van der Waals surface area contributed by atoms with Crippen molar-refractivity contribution in [3.63, 3.8) is 0 Å². The van der Waals surface area contributed by atoms with Crippen molar-refractivity contribution in [3.05, 3.63) is 0 Å². The molecule has 0 atom stereocenters. The average Bonchev–Trinajstić information content (AvgIpc) is 2.10. The van der Waals surface area contributed by atoms with Crippen molar-refractivity contribution in [2.75, 3.05) is 27.2 Å². The van der Waals surface area contributed by atoms with Crippen LogP contribution in [0, 0.1) is 11.8 Å². The molecular weight excluding hydrogens is 164 g/mol. The Labute approximate surface area is 80.5 Å². The van der Waals surface area contributed by atoms with E-state index >= 15 is 0 Å². The normalized spacial score (nSPS) is 8.85. The Morgan fingerprint density at radius 2 is 2.15 bits per heavy atom. The zero-order chi connectivity index (χ0) is 10.1. The topological polar surface area (TPSA) is 32.3 Å². The number of carbonyl (C=O) groups excluding carboxylic acids is 1. The summed E-state index contributed by atoms with van der Waals surface area (Å²) in [5.41, 5.74) is 0. The highest BCUT2D eigenvalue weighted by atomic mass is 16.2.